The Balaban J connectivity index is 2.24. The minimum Gasteiger partial charge on any atom is -0.467 e. The molecule has 1 aliphatic rings. The molecule has 0 radical (unpaired) electrons. The van der Waals surface area contributed by atoms with Crippen molar-refractivity contribution in [3.63, 3.8) is 0 Å². The van der Waals surface area contributed by atoms with Crippen LogP contribution in [-0.2, 0) is 0 Å². The summed E-state index contributed by atoms with van der Waals surface area (Å²) in [6, 6.07) is 0.697. The zero-order valence-electron chi connectivity index (χ0n) is 12.9. The van der Waals surface area contributed by atoms with Crippen molar-refractivity contribution >= 4 is 11.9 Å². The lowest BCUT2D eigenvalue weighted by atomic mass is 10.2. The van der Waals surface area contributed by atoms with Gasteiger partial charge in [-0.25, -0.2) is 0 Å². The van der Waals surface area contributed by atoms with Crippen molar-refractivity contribution < 1.29 is 9.84 Å². The SMILES string of the molecule is CCCNc1nc(OC)nc(N(CCO)C2CCCC2)n1. The van der Waals surface area contributed by atoms with E-state index < -0.39 is 0 Å². The van der Waals surface area contributed by atoms with Gasteiger partial charge in [0.05, 0.1) is 13.7 Å². The van der Waals surface area contributed by atoms with Gasteiger partial charge in [0, 0.05) is 19.1 Å². The molecule has 0 aromatic carbocycles. The van der Waals surface area contributed by atoms with Crippen LogP contribution in [0.4, 0.5) is 11.9 Å². The monoisotopic (exact) mass is 295 g/mol. The van der Waals surface area contributed by atoms with Crippen molar-refractivity contribution in [2.75, 3.05) is 37.0 Å². The molecule has 2 N–H and O–H groups in total. The minimum absolute atomic E-state index is 0.0855. The van der Waals surface area contributed by atoms with Crippen molar-refractivity contribution in [3.8, 4) is 6.01 Å². The van der Waals surface area contributed by atoms with Gasteiger partial charge in [0.15, 0.2) is 0 Å². The van der Waals surface area contributed by atoms with Gasteiger partial charge in [-0.2, -0.15) is 15.0 Å². The normalized spacial score (nSPS) is 15.2. The van der Waals surface area contributed by atoms with Gasteiger partial charge in [0.25, 0.3) is 0 Å². The lowest BCUT2D eigenvalue weighted by molar-refractivity contribution is 0.295. The summed E-state index contributed by atoms with van der Waals surface area (Å²) < 4.78 is 5.18. The smallest absolute Gasteiger partial charge is 0.322 e. The van der Waals surface area contributed by atoms with Crippen molar-refractivity contribution in [2.24, 2.45) is 0 Å². The van der Waals surface area contributed by atoms with Crippen molar-refractivity contribution in [3.05, 3.63) is 0 Å². The maximum absolute atomic E-state index is 9.34. The zero-order chi connectivity index (χ0) is 15.1. The number of ether oxygens (including phenoxy) is 1. The first-order chi connectivity index (χ1) is 10.3. The highest BCUT2D eigenvalue weighted by Crippen LogP contribution is 2.27. The highest BCUT2D eigenvalue weighted by molar-refractivity contribution is 5.39. The molecule has 7 nitrogen and oxygen atoms in total. The third kappa shape index (κ3) is 4.17. The fourth-order valence-corrected chi connectivity index (χ4v) is 2.65. The molecule has 1 aromatic rings. The number of nitrogens with zero attached hydrogens (tertiary/aromatic N) is 4. The second kappa shape index (κ2) is 7.97. The topological polar surface area (TPSA) is 83.4 Å². The predicted molar refractivity (Wildman–Crippen MR) is 81.8 cm³/mol. The van der Waals surface area contributed by atoms with Crippen LogP contribution in [0, 0.1) is 0 Å². The van der Waals surface area contributed by atoms with E-state index in [2.05, 4.69) is 32.1 Å². The molecular formula is C14H25N5O2. The van der Waals surface area contributed by atoms with E-state index in [1.807, 2.05) is 0 Å². The summed E-state index contributed by atoms with van der Waals surface area (Å²) in [5.41, 5.74) is 0. The van der Waals surface area contributed by atoms with Crippen LogP contribution in [0.3, 0.4) is 0 Å². The highest BCUT2D eigenvalue weighted by Gasteiger charge is 2.25. The number of nitrogens with one attached hydrogen (secondary N) is 1. The number of aliphatic hydroxyl groups excluding tert-OH is 1. The van der Waals surface area contributed by atoms with Crippen LogP contribution in [0.5, 0.6) is 6.01 Å². The molecule has 1 aliphatic carbocycles. The summed E-state index contributed by atoms with van der Waals surface area (Å²) in [6.07, 6.45) is 5.66. The second-order valence-electron chi connectivity index (χ2n) is 5.23. The van der Waals surface area contributed by atoms with Gasteiger partial charge in [-0.1, -0.05) is 19.8 Å². The van der Waals surface area contributed by atoms with Crippen molar-refractivity contribution in [1.82, 2.24) is 15.0 Å². The van der Waals surface area contributed by atoms with Crippen molar-refractivity contribution in [2.45, 2.75) is 45.1 Å². The number of hydrogen-bond acceptors (Lipinski definition) is 7. The maximum atomic E-state index is 9.34. The summed E-state index contributed by atoms with van der Waals surface area (Å²) in [5.74, 6) is 1.11. The Morgan fingerprint density at radius 2 is 2.05 bits per heavy atom. The van der Waals surface area contributed by atoms with Gasteiger partial charge < -0.3 is 20.1 Å². The largest absolute Gasteiger partial charge is 0.467 e. The molecule has 0 atom stereocenters. The molecule has 118 valence electrons. The molecule has 2 rings (SSSR count). The van der Waals surface area contributed by atoms with Crippen molar-refractivity contribution in [1.29, 1.82) is 0 Å². The molecule has 0 bridgehead atoms. The number of anilines is 2. The first-order valence-electron chi connectivity index (χ1n) is 7.70. The summed E-state index contributed by atoms with van der Waals surface area (Å²) in [5, 5.41) is 12.5. The molecule has 0 spiro atoms. The number of aliphatic hydroxyl groups is 1. The van der Waals surface area contributed by atoms with Crippen LogP contribution in [0.15, 0.2) is 0 Å². The molecular weight excluding hydrogens is 270 g/mol. The van der Waals surface area contributed by atoms with E-state index >= 15 is 0 Å². The molecule has 1 fully saturated rings. The Bertz CT molecular complexity index is 437. The fraction of sp³-hybridized carbons (Fsp3) is 0.786. The van der Waals surface area contributed by atoms with Crippen LogP contribution in [0.2, 0.25) is 0 Å². The van der Waals surface area contributed by atoms with Crippen LogP contribution in [-0.4, -0.2) is 52.9 Å². The zero-order valence-corrected chi connectivity index (χ0v) is 12.9. The fourth-order valence-electron chi connectivity index (χ4n) is 2.65. The Morgan fingerprint density at radius 3 is 2.67 bits per heavy atom. The van der Waals surface area contributed by atoms with E-state index in [0.29, 0.717) is 30.5 Å². The number of aromatic nitrogens is 3. The summed E-state index contributed by atoms with van der Waals surface area (Å²) >= 11 is 0. The third-order valence-electron chi connectivity index (χ3n) is 3.68. The van der Waals surface area contributed by atoms with E-state index in [4.69, 9.17) is 4.74 Å². The molecule has 21 heavy (non-hydrogen) atoms. The molecule has 0 unspecified atom stereocenters. The third-order valence-corrected chi connectivity index (χ3v) is 3.68. The highest BCUT2D eigenvalue weighted by atomic mass is 16.5. The van der Waals surface area contributed by atoms with Gasteiger partial charge in [0.2, 0.25) is 11.9 Å². The molecule has 7 heteroatoms. The van der Waals surface area contributed by atoms with E-state index in [0.717, 1.165) is 25.8 Å². The van der Waals surface area contributed by atoms with Crippen LogP contribution < -0.4 is 15.0 Å². The van der Waals surface area contributed by atoms with Gasteiger partial charge in [-0.15, -0.1) is 0 Å². The lowest BCUT2D eigenvalue weighted by Crippen LogP contribution is -2.37. The first kappa shape index (κ1) is 15.8. The maximum Gasteiger partial charge on any atom is 0.322 e. The number of methoxy groups -OCH3 is 1. The van der Waals surface area contributed by atoms with E-state index in [1.165, 1.54) is 12.8 Å². The summed E-state index contributed by atoms with van der Waals surface area (Å²) in [6.45, 7) is 3.51. The molecule has 0 aliphatic heterocycles. The Kier molecular flexibility index (Phi) is 5.98. The van der Waals surface area contributed by atoms with Gasteiger partial charge >= 0.3 is 6.01 Å². The van der Waals surface area contributed by atoms with Crippen LogP contribution in [0.25, 0.3) is 0 Å². The number of hydrogen-bond donors (Lipinski definition) is 2. The molecule has 0 amide bonds. The first-order valence-corrected chi connectivity index (χ1v) is 7.70. The van der Waals surface area contributed by atoms with Gasteiger partial charge in [-0.3, -0.25) is 0 Å². The standard InChI is InChI=1S/C14H25N5O2/c1-3-8-15-12-16-13(18-14(17-12)21-2)19(9-10-20)11-6-4-5-7-11/h11,20H,3-10H2,1-2H3,(H,15,16,17,18). The molecule has 1 heterocycles. The Hall–Kier alpha value is -1.63. The lowest BCUT2D eigenvalue weighted by Gasteiger charge is -2.28. The quantitative estimate of drug-likeness (QED) is 0.751. The summed E-state index contributed by atoms with van der Waals surface area (Å²) in [7, 11) is 1.55. The van der Waals surface area contributed by atoms with E-state index in [-0.39, 0.29) is 6.61 Å². The second-order valence-corrected chi connectivity index (χ2v) is 5.23. The van der Waals surface area contributed by atoms with Gasteiger partial charge in [-0.05, 0) is 19.3 Å². The molecule has 0 saturated heterocycles. The summed E-state index contributed by atoms with van der Waals surface area (Å²) in [4.78, 5) is 15.1. The van der Waals surface area contributed by atoms with E-state index in [9.17, 15) is 5.11 Å². The number of rotatable bonds is 8. The van der Waals surface area contributed by atoms with E-state index in [1.54, 1.807) is 7.11 Å². The average molecular weight is 295 g/mol. The molecule has 1 aromatic heterocycles. The Morgan fingerprint density at radius 1 is 1.29 bits per heavy atom. The van der Waals surface area contributed by atoms with Crippen LogP contribution in [0.1, 0.15) is 39.0 Å². The average Bonchev–Trinajstić information content (AvgIpc) is 3.04. The van der Waals surface area contributed by atoms with Crippen LogP contribution >= 0.6 is 0 Å². The predicted octanol–water partition coefficient (Wildman–Crippen LogP) is 1.44. The minimum atomic E-state index is 0.0855. The molecule has 1 saturated carbocycles. The Labute approximate surface area is 125 Å². The van der Waals surface area contributed by atoms with Gasteiger partial charge in [0.1, 0.15) is 0 Å².